The fraction of sp³-hybridized carbons (Fsp3) is 0.800. The third-order valence-electron chi connectivity index (χ3n) is 5.01. The van der Waals surface area contributed by atoms with E-state index >= 15 is 0 Å². The number of rotatable bonds is 5. The molecule has 2 atom stereocenters. The second-order valence-corrected chi connectivity index (χ2v) is 9.21. The number of hydrogen-bond donors (Lipinski definition) is 1. The van der Waals surface area contributed by atoms with Crippen LogP contribution in [0.2, 0.25) is 0 Å². The van der Waals surface area contributed by atoms with Crippen molar-refractivity contribution in [1.82, 2.24) is 15.2 Å². The zero-order valence-electron chi connectivity index (χ0n) is 17.6. The highest BCUT2D eigenvalue weighted by atomic mass is 127. The first-order valence-corrected chi connectivity index (χ1v) is 11.1. The Hall–Kier alpha value is -0.450. The Morgan fingerprint density at radius 3 is 2.75 bits per heavy atom. The van der Waals surface area contributed by atoms with E-state index < -0.39 is 0 Å². The van der Waals surface area contributed by atoms with E-state index in [-0.39, 0.29) is 41.6 Å². The quantitative estimate of drug-likeness (QED) is 0.365. The minimum atomic E-state index is 0. The van der Waals surface area contributed by atoms with Crippen molar-refractivity contribution in [3.8, 4) is 0 Å². The minimum Gasteiger partial charge on any atom is -0.375 e. The molecule has 6 nitrogen and oxygen atoms in total. The molecule has 28 heavy (non-hydrogen) atoms. The van der Waals surface area contributed by atoms with Gasteiger partial charge in [-0.15, -0.1) is 35.3 Å². The van der Waals surface area contributed by atoms with Crippen LogP contribution in [-0.4, -0.2) is 67.4 Å². The summed E-state index contributed by atoms with van der Waals surface area (Å²) >= 11 is 1.74. The number of guanidine groups is 1. The average Bonchev–Trinajstić information content (AvgIpc) is 3.33. The van der Waals surface area contributed by atoms with Gasteiger partial charge in [-0.2, -0.15) is 0 Å². The molecule has 2 aliphatic rings. The van der Waals surface area contributed by atoms with E-state index in [1.54, 1.807) is 11.3 Å². The summed E-state index contributed by atoms with van der Waals surface area (Å²) in [5, 5.41) is 6.79. The Balaban J connectivity index is 0.00000280. The first kappa shape index (κ1) is 23.8. The molecule has 0 saturated carbocycles. The lowest BCUT2D eigenvalue weighted by Gasteiger charge is -2.37. The van der Waals surface area contributed by atoms with Crippen molar-refractivity contribution in [2.24, 2.45) is 4.99 Å². The Bertz CT molecular complexity index is 626. The molecule has 2 fully saturated rings. The number of hydrogen-bond acceptors (Lipinski definition) is 5. The first-order chi connectivity index (χ1) is 13.0. The number of aliphatic imine (C=N–C) groups is 1. The zero-order chi connectivity index (χ0) is 19.3. The summed E-state index contributed by atoms with van der Waals surface area (Å²) in [6.07, 6.45) is 3.52. The van der Waals surface area contributed by atoms with Crippen LogP contribution in [0.3, 0.4) is 0 Å². The van der Waals surface area contributed by atoms with E-state index in [9.17, 15) is 0 Å². The van der Waals surface area contributed by atoms with E-state index in [1.165, 1.54) is 10.7 Å². The standard InChI is InChI=1S/C20H34N4O2S.HI/c1-5-21-19(22-9-8-18-23-17(14-27-18)20(2,3)4)24-10-12-26-16(13-24)15-7-6-11-25-15;/h14-16H,5-13H2,1-4H3,(H,21,22);1H. The van der Waals surface area contributed by atoms with E-state index in [0.717, 1.165) is 64.6 Å². The van der Waals surface area contributed by atoms with Gasteiger partial charge in [-0.1, -0.05) is 20.8 Å². The molecule has 3 heterocycles. The maximum absolute atomic E-state index is 5.97. The third-order valence-corrected chi connectivity index (χ3v) is 5.92. The number of nitrogens with zero attached hydrogens (tertiary/aromatic N) is 3. The highest BCUT2D eigenvalue weighted by molar-refractivity contribution is 14.0. The summed E-state index contributed by atoms with van der Waals surface area (Å²) in [5.74, 6) is 0.983. The molecule has 0 aliphatic carbocycles. The van der Waals surface area contributed by atoms with Crippen LogP contribution >= 0.6 is 35.3 Å². The van der Waals surface area contributed by atoms with E-state index in [0.29, 0.717) is 0 Å². The molecule has 1 aromatic heterocycles. The number of nitrogens with one attached hydrogen (secondary N) is 1. The Morgan fingerprint density at radius 1 is 1.32 bits per heavy atom. The Kier molecular flexibility index (Phi) is 9.43. The van der Waals surface area contributed by atoms with Crippen molar-refractivity contribution >= 4 is 41.3 Å². The number of halogens is 1. The van der Waals surface area contributed by atoms with Gasteiger partial charge in [-0.3, -0.25) is 4.99 Å². The molecule has 0 bridgehead atoms. The fourth-order valence-corrected chi connectivity index (χ4v) is 4.46. The molecular formula is C20H35IN4O2S. The lowest BCUT2D eigenvalue weighted by atomic mass is 9.93. The van der Waals surface area contributed by atoms with Gasteiger partial charge in [-0.25, -0.2) is 4.98 Å². The highest BCUT2D eigenvalue weighted by Gasteiger charge is 2.32. The van der Waals surface area contributed by atoms with Crippen molar-refractivity contribution in [3.63, 3.8) is 0 Å². The second-order valence-electron chi connectivity index (χ2n) is 8.27. The zero-order valence-corrected chi connectivity index (χ0v) is 20.7. The molecule has 3 rings (SSSR count). The Labute approximate surface area is 190 Å². The molecule has 1 N–H and O–H groups in total. The molecule has 160 valence electrons. The van der Waals surface area contributed by atoms with E-state index in [1.807, 2.05) is 0 Å². The van der Waals surface area contributed by atoms with Gasteiger partial charge in [0, 0.05) is 50.0 Å². The fourth-order valence-electron chi connectivity index (χ4n) is 3.44. The summed E-state index contributed by atoms with van der Waals surface area (Å²) in [5.41, 5.74) is 1.28. The predicted octanol–water partition coefficient (Wildman–Crippen LogP) is 3.45. The summed E-state index contributed by atoms with van der Waals surface area (Å²) in [4.78, 5) is 12.0. The lowest BCUT2D eigenvalue weighted by Crippen LogP contribution is -2.53. The van der Waals surface area contributed by atoms with Crippen LogP contribution in [-0.2, 0) is 21.3 Å². The lowest BCUT2D eigenvalue weighted by molar-refractivity contribution is -0.0817. The normalized spacial score (nSPS) is 23.6. The molecular weight excluding hydrogens is 487 g/mol. The van der Waals surface area contributed by atoms with Gasteiger partial charge in [0.25, 0.3) is 0 Å². The van der Waals surface area contributed by atoms with Crippen molar-refractivity contribution in [1.29, 1.82) is 0 Å². The van der Waals surface area contributed by atoms with Crippen molar-refractivity contribution in [3.05, 3.63) is 16.1 Å². The molecule has 2 unspecified atom stereocenters. The van der Waals surface area contributed by atoms with Crippen LogP contribution in [0.5, 0.6) is 0 Å². The van der Waals surface area contributed by atoms with Gasteiger partial charge in [0.1, 0.15) is 6.10 Å². The number of ether oxygens (including phenoxy) is 2. The molecule has 0 amide bonds. The minimum absolute atomic E-state index is 0. The van der Waals surface area contributed by atoms with Crippen LogP contribution in [0.25, 0.3) is 0 Å². The molecule has 2 aliphatic heterocycles. The van der Waals surface area contributed by atoms with Crippen LogP contribution in [0.1, 0.15) is 51.2 Å². The summed E-state index contributed by atoms with van der Waals surface area (Å²) < 4.78 is 11.8. The van der Waals surface area contributed by atoms with Crippen LogP contribution in [0.4, 0.5) is 0 Å². The number of aromatic nitrogens is 1. The van der Waals surface area contributed by atoms with Gasteiger partial charge in [0.15, 0.2) is 5.96 Å². The first-order valence-electron chi connectivity index (χ1n) is 10.2. The summed E-state index contributed by atoms with van der Waals surface area (Å²) in [7, 11) is 0. The maximum Gasteiger partial charge on any atom is 0.194 e. The summed E-state index contributed by atoms with van der Waals surface area (Å²) in [6, 6.07) is 0. The van der Waals surface area contributed by atoms with E-state index in [4.69, 9.17) is 19.5 Å². The molecule has 0 aromatic carbocycles. The molecule has 8 heteroatoms. The van der Waals surface area contributed by atoms with Crippen LogP contribution in [0.15, 0.2) is 10.4 Å². The second kappa shape index (κ2) is 11.1. The van der Waals surface area contributed by atoms with Crippen molar-refractivity contribution < 1.29 is 9.47 Å². The monoisotopic (exact) mass is 522 g/mol. The smallest absolute Gasteiger partial charge is 0.194 e. The van der Waals surface area contributed by atoms with Crippen molar-refractivity contribution in [2.75, 3.05) is 39.4 Å². The molecule has 0 radical (unpaired) electrons. The number of thiazole rings is 1. The summed E-state index contributed by atoms with van der Waals surface area (Å²) in [6.45, 7) is 13.7. The van der Waals surface area contributed by atoms with Crippen molar-refractivity contribution in [2.45, 2.75) is 64.6 Å². The van der Waals surface area contributed by atoms with Gasteiger partial charge >= 0.3 is 0 Å². The molecule has 0 spiro atoms. The van der Waals surface area contributed by atoms with Gasteiger partial charge in [-0.05, 0) is 19.8 Å². The highest BCUT2D eigenvalue weighted by Crippen LogP contribution is 2.24. The molecule has 1 aromatic rings. The van der Waals surface area contributed by atoms with E-state index in [2.05, 4.69) is 43.3 Å². The van der Waals surface area contributed by atoms with Crippen LogP contribution < -0.4 is 5.32 Å². The van der Waals surface area contributed by atoms with Crippen LogP contribution in [0, 0.1) is 0 Å². The largest absolute Gasteiger partial charge is 0.375 e. The Morgan fingerprint density at radius 2 is 2.11 bits per heavy atom. The number of morpholine rings is 1. The SMILES string of the molecule is CCNC(=NCCc1nc(C(C)(C)C)cs1)N1CCOC(C2CCCO2)C1.I. The van der Waals surface area contributed by atoms with Gasteiger partial charge < -0.3 is 19.7 Å². The maximum atomic E-state index is 5.97. The topological polar surface area (TPSA) is 59.0 Å². The average molecular weight is 522 g/mol. The molecule has 2 saturated heterocycles. The van der Waals surface area contributed by atoms with Gasteiger partial charge in [0.05, 0.1) is 23.4 Å². The van der Waals surface area contributed by atoms with Gasteiger partial charge in [0.2, 0.25) is 0 Å². The third kappa shape index (κ3) is 6.53. The predicted molar refractivity (Wildman–Crippen MR) is 126 cm³/mol.